The van der Waals surface area contributed by atoms with Crippen molar-refractivity contribution in [2.45, 2.75) is 70.7 Å². The topological polar surface area (TPSA) is 21.8 Å². The van der Waals surface area contributed by atoms with E-state index < -0.39 is 0 Å². The van der Waals surface area contributed by atoms with Gasteiger partial charge in [0, 0.05) is 20.0 Å². The SMILES string of the molecule is COCCC1O[N+]12C(C)(C)CCCC2(C)C. The fraction of sp³-hybridized carbons (Fsp3) is 1.00. The molecule has 2 rings (SSSR count). The van der Waals surface area contributed by atoms with Crippen LogP contribution in [0.4, 0.5) is 0 Å². The van der Waals surface area contributed by atoms with E-state index in [1.165, 1.54) is 19.3 Å². The predicted molar refractivity (Wildman–Crippen MR) is 63.6 cm³/mol. The fourth-order valence-corrected chi connectivity index (χ4v) is 3.79. The van der Waals surface area contributed by atoms with Crippen molar-refractivity contribution < 1.29 is 14.2 Å². The lowest BCUT2D eigenvalue weighted by atomic mass is 9.79. The third-order valence-corrected chi connectivity index (χ3v) is 4.59. The highest BCUT2D eigenvalue weighted by atomic mass is 16.9. The molecule has 1 spiro atoms. The van der Waals surface area contributed by atoms with Gasteiger partial charge >= 0.3 is 0 Å². The van der Waals surface area contributed by atoms with Crippen molar-refractivity contribution in [3.8, 4) is 0 Å². The van der Waals surface area contributed by atoms with Crippen molar-refractivity contribution in [3.05, 3.63) is 0 Å². The molecule has 1 unspecified atom stereocenters. The molecule has 0 aromatic rings. The van der Waals surface area contributed by atoms with Crippen LogP contribution in [0.1, 0.15) is 53.4 Å². The van der Waals surface area contributed by atoms with Crippen LogP contribution in [0.2, 0.25) is 0 Å². The van der Waals surface area contributed by atoms with E-state index in [1.807, 2.05) is 0 Å². The van der Waals surface area contributed by atoms with E-state index >= 15 is 0 Å². The Morgan fingerprint density at radius 2 is 1.75 bits per heavy atom. The number of methoxy groups -OCH3 is 1. The van der Waals surface area contributed by atoms with Crippen LogP contribution in [0.5, 0.6) is 0 Å². The third-order valence-electron chi connectivity index (χ3n) is 4.59. The van der Waals surface area contributed by atoms with Crippen LogP contribution in [0.15, 0.2) is 0 Å². The Hall–Kier alpha value is -0.120. The highest BCUT2D eigenvalue weighted by Crippen LogP contribution is 2.57. The average Bonchev–Trinajstić information content (AvgIpc) is 2.88. The second kappa shape index (κ2) is 3.69. The number of hydrogen-bond donors (Lipinski definition) is 0. The summed E-state index contributed by atoms with van der Waals surface area (Å²) in [6.45, 7) is 10.2. The van der Waals surface area contributed by atoms with Crippen molar-refractivity contribution in [2.75, 3.05) is 13.7 Å². The van der Waals surface area contributed by atoms with Crippen LogP contribution in [-0.4, -0.2) is 35.7 Å². The Morgan fingerprint density at radius 3 is 2.25 bits per heavy atom. The van der Waals surface area contributed by atoms with Gasteiger partial charge in [-0.2, -0.15) is 0 Å². The van der Waals surface area contributed by atoms with Crippen LogP contribution >= 0.6 is 0 Å². The van der Waals surface area contributed by atoms with Gasteiger partial charge in [-0.3, -0.25) is 0 Å². The smallest absolute Gasteiger partial charge is 0.277 e. The zero-order valence-corrected chi connectivity index (χ0v) is 11.4. The molecule has 3 heteroatoms. The average molecular weight is 228 g/mol. The van der Waals surface area contributed by atoms with Crippen molar-refractivity contribution in [1.82, 2.24) is 0 Å². The summed E-state index contributed by atoms with van der Waals surface area (Å²) >= 11 is 0. The maximum atomic E-state index is 6.14. The molecule has 0 bridgehead atoms. The molecule has 0 aromatic carbocycles. The van der Waals surface area contributed by atoms with Crippen molar-refractivity contribution in [3.63, 3.8) is 0 Å². The number of ether oxygens (including phenoxy) is 1. The molecule has 2 aliphatic rings. The van der Waals surface area contributed by atoms with Gasteiger partial charge in [-0.25, -0.2) is 0 Å². The molecule has 0 radical (unpaired) electrons. The van der Waals surface area contributed by atoms with E-state index in [4.69, 9.17) is 9.57 Å². The monoisotopic (exact) mass is 228 g/mol. The molecule has 2 saturated heterocycles. The lowest BCUT2D eigenvalue weighted by molar-refractivity contribution is -1.01. The highest BCUT2D eigenvalue weighted by molar-refractivity contribution is 4.88. The Balaban J connectivity index is 2.16. The van der Waals surface area contributed by atoms with E-state index in [1.54, 1.807) is 7.11 Å². The van der Waals surface area contributed by atoms with Gasteiger partial charge < -0.3 is 4.74 Å². The summed E-state index contributed by atoms with van der Waals surface area (Å²) in [7, 11) is 1.76. The number of nitrogens with zero attached hydrogens (tertiary/aromatic N) is 1. The normalized spacial score (nSPS) is 33.9. The first kappa shape index (κ1) is 12.3. The molecule has 1 atom stereocenters. The van der Waals surface area contributed by atoms with Gasteiger partial charge in [0.2, 0.25) is 0 Å². The molecule has 0 N–H and O–H groups in total. The van der Waals surface area contributed by atoms with Crippen LogP contribution in [0, 0.1) is 0 Å². The molecule has 2 fully saturated rings. The van der Waals surface area contributed by atoms with Gasteiger partial charge in [0.15, 0.2) is 0 Å². The van der Waals surface area contributed by atoms with Gasteiger partial charge in [0.25, 0.3) is 6.23 Å². The number of quaternary nitrogens is 1. The minimum atomic E-state index is 0.250. The fourth-order valence-electron chi connectivity index (χ4n) is 3.79. The first-order valence-corrected chi connectivity index (χ1v) is 6.44. The van der Waals surface area contributed by atoms with Gasteiger partial charge in [-0.15, -0.1) is 9.48 Å². The molecule has 0 aliphatic carbocycles. The van der Waals surface area contributed by atoms with E-state index in [-0.39, 0.29) is 11.1 Å². The summed E-state index contributed by atoms with van der Waals surface area (Å²) in [5.41, 5.74) is 0.500. The van der Waals surface area contributed by atoms with Gasteiger partial charge in [0.1, 0.15) is 11.1 Å². The first-order chi connectivity index (χ1) is 7.37. The summed E-state index contributed by atoms with van der Waals surface area (Å²) in [6, 6.07) is 0. The minimum Gasteiger partial charge on any atom is -0.384 e. The molecule has 3 nitrogen and oxygen atoms in total. The molecule has 0 saturated carbocycles. The summed E-state index contributed by atoms with van der Waals surface area (Å²) in [4.78, 5) is 6.14. The van der Waals surface area contributed by atoms with E-state index in [0.29, 0.717) is 6.23 Å². The Kier molecular flexibility index (Phi) is 2.84. The number of piperidine rings is 1. The van der Waals surface area contributed by atoms with Gasteiger partial charge in [0.05, 0.1) is 13.0 Å². The zero-order chi connectivity index (χ0) is 12.0. The quantitative estimate of drug-likeness (QED) is 0.547. The summed E-state index contributed by atoms with van der Waals surface area (Å²) in [5, 5.41) is 0. The maximum absolute atomic E-state index is 6.14. The Bertz CT molecular complexity index is 257. The van der Waals surface area contributed by atoms with Gasteiger partial charge in [-0.05, 0) is 34.1 Å². The second-order valence-electron chi connectivity index (χ2n) is 6.48. The minimum absolute atomic E-state index is 0.250. The molecule has 0 aromatic heterocycles. The molecular formula is C13H26NO2+. The van der Waals surface area contributed by atoms with Crippen molar-refractivity contribution >= 4 is 0 Å². The van der Waals surface area contributed by atoms with Crippen LogP contribution in [-0.2, 0) is 9.57 Å². The summed E-state index contributed by atoms with van der Waals surface area (Å²) < 4.78 is 6.02. The van der Waals surface area contributed by atoms with E-state index in [2.05, 4.69) is 27.7 Å². The van der Waals surface area contributed by atoms with Gasteiger partial charge in [-0.1, -0.05) is 0 Å². The highest BCUT2D eigenvalue weighted by Gasteiger charge is 2.75. The lowest BCUT2D eigenvalue weighted by Gasteiger charge is -2.46. The number of rotatable bonds is 3. The maximum Gasteiger partial charge on any atom is 0.277 e. The third kappa shape index (κ3) is 1.52. The van der Waals surface area contributed by atoms with E-state index in [9.17, 15) is 0 Å². The molecule has 16 heavy (non-hydrogen) atoms. The summed E-state index contributed by atoms with van der Waals surface area (Å²) in [5.74, 6) is 0. The standard InChI is InChI=1S/C13H26NO2/c1-12(2)8-6-9-13(3,4)14(12)11(16-14)7-10-15-5/h11H,6-10H2,1-5H3/q+1. The second-order valence-corrected chi connectivity index (χ2v) is 6.48. The van der Waals surface area contributed by atoms with Crippen molar-refractivity contribution in [2.24, 2.45) is 0 Å². The van der Waals surface area contributed by atoms with Crippen LogP contribution in [0.25, 0.3) is 0 Å². The Morgan fingerprint density at radius 1 is 1.19 bits per heavy atom. The largest absolute Gasteiger partial charge is 0.384 e. The molecular weight excluding hydrogens is 202 g/mol. The zero-order valence-electron chi connectivity index (χ0n) is 11.4. The number of hydrogen-bond acceptors (Lipinski definition) is 2. The number of hydroxylamine groups is 3. The van der Waals surface area contributed by atoms with Crippen molar-refractivity contribution in [1.29, 1.82) is 0 Å². The molecule has 2 heterocycles. The first-order valence-electron chi connectivity index (χ1n) is 6.44. The Labute approximate surface area is 99.3 Å². The van der Waals surface area contributed by atoms with Crippen LogP contribution < -0.4 is 0 Å². The molecule has 0 amide bonds. The molecule has 94 valence electrons. The summed E-state index contributed by atoms with van der Waals surface area (Å²) in [6.07, 6.45) is 5.22. The van der Waals surface area contributed by atoms with E-state index in [0.717, 1.165) is 17.7 Å². The lowest BCUT2D eigenvalue weighted by Crippen LogP contribution is -2.62. The van der Waals surface area contributed by atoms with Crippen LogP contribution in [0.3, 0.4) is 0 Å². The predicted octanol–water partition coefficient (Wildman–Crippen LogP) is 2.85. The molecule has 2 aliphatic heterocycles.